The number of amides is 3. The van der Waals surface area contributed by atoms with Crippen LogP contribution in [0.4, 0.5) is 4.79 Å². The van der Waals surface area contributed by atoms with Gasteiger partial charge in [0, 0.05) is 13.6 Å². The molecular weight excluding hydrogens is 204 g/mol. The monoisotopic (exact) mass is 218 g/mol. The Hall–Kier alpha value is -1.84. The van der Waals surface area contributed by atoms with Crippen LogP contribution in [0.5, 0.6) is 0 Å². The Morgan fingerprint density at radius 1 is 1.19 bits per heavy atom. The summed E-state index contributed by atoms with van der Waals surface area (Å²) in [7, 11) is 1.64. The van der Waals surface area contributed by atoms with Gasteiger partial charge in [0.15, 0.2) is 0 Å². The van der Waals surface area contributed by atoms with E-state index in [1.807, 2.05) is 30.3 Å². The molecule has 0 radical (unpaired) electrons. The van der Waals surface area contributed by atoms with Crippen molar-refractivity contribution in [1.29, 1.82) is 0 Å². The van der Waals surface area contributed by atoms with E-state index in [9.17, 15) is 9.59 Å². The highest BCUT2D eigenvalue weighted by Crippen LogP contribution is 2.09. The third-order valence-corrected chi connectivity index (χ3v) is 2.70. The Labute approximate surface area is 94.5 Å². The molecule has 1 heterocycles. The fourth-order valence-corrected chi connectivity index (χ4v) is 1.77. The zero-order valence-electron chi connectivity index (χ0n) is 9.22. The minimum absolute atomic E-state index is 0.108. The van der Waals surface area contributed by atoms with E-state index >= 15 is 0 Å². The van der Waals surface area contributed by atoms with Crippen molar-refractivity contribution in [2.75, 3.05) is 20.1 Å². The third kappa shape index (κ3) is 2.05. The van der Waals surface area contributed by atoms with Crippen LogP contribution in [0, 0.1) is 0 Å². The first-order valence-corrected chi connectivity index (χ1v) is 5.28. The molecule has 1 aliphatic rings. The van der Waals surface area contributed by atoms with Gasteiger partial charge in [-0.15, -0.1) is 0 Å². The van der Waals surface area contributed by atoms with E-state index in [0.717, 1.165) is 5.56 Å². The van der Waals surface area contributed by atoms with Crippen LogP contribution in [0.25, 0.3) is 0 Å². The van der Waals surface area contributed by atoms with Crippen molar-refractivity contribution in [2.24, 2.45) is 0 Å². The molecule has 1 saturated heterocycles. The molecule has 2 rings (SSSR count). The lowest BCUT2D eigenvalue weighted by atomic mass is 10.1. The van der Waals surface area contributed by atoms with E-state index in [1.165, 1.54) is 9.80 Å². The summed E-state index contributed by atoms with van der Waals surface area (Å²) >= 11 is 0. The van der Waals surface area contributed by atoms with Crippen molar-refractivity contribution >= 4 is 11.9 Å². The number of carbonyl (C=O) groups is 2. The van der Waals surface area contributed by atoms with Crippen LogP contribution in [0.15, 0.2) is 30.3 Å². The Morgan fingerprint density at radius 2 is 1.88 bits per heavy atom. The molecule has 4 heteroatoms. The van der Waals surface area contributed by atoms with Crippen LogP contribution in [0.2, 0.25) is 0 Å². The van der Waals surface area contributed by atoms with Crippen molar-refractivity contribution in [2.45, 2.75) is 6.42 Å². The summed E-state index contributed by atoms with van der Waals surface area (Å²) in [5.41, 5.74) is 1.14. The molecule has 1 aromatic rings. The number of carbonyl (C=O) groups excluding carboxylic acids is 2. The molecule has 0 bridgehead atoms. The summed E-state index contributed by atoms with van der Waals surface area (Å²) < 4.78 is 0. The molecule has 1 aliphatic heterocycles. The van der Waals surface area contributed by atoms with Gasteiger partial charge in [-0.05, 0) is 12.0 Å². The van der Waals surface area contributed by atoms with Crippen molar-refractivity contribution in [3.8, 4) is 0 Å². The van der Waals surface area contributed by atoms with Crippen LogP contribution >= 0.6 is 0 Å². The highest BCUT2D eigenvalue weighted by atomic mass is 16.2. The van der Waals surface area contributed by atoms with Gasteiger partial charge < -0.3 is 4.90 Å². The second-order valence-electron chi connectivity index (χ2n) is 3.92. The van der Waals surface area contributed by atoms with Gasteiger partial charge >= 0.3 is 6.03 Å². The van der Waals surface area contributed by atoms with E-state index < -0.39 is 0 Å². The maximum atomic E-state index is 11.6. The van der Waals surface area contributed by atoms with Gasteiger partial charge in [0.25, 0.3) is 0 Å². The number of benzene rings is 1. The normalized spacial score (nSPS) is 16.1. The van der Waals surface area contributed by atoms with E-state index in [4.69, 9.17) is 0 Å². The average molecular weight is 218 g/mol. The van der Waals surface area contributed by atoms with Crippen molar-refractivity contribution in [1.82, 2.24) is 9.80 Å². The maximum Gasteiger partial charge on any atom is 0.326 e. The summed E-state index contributed by atoms with van der Waals surface area (Å²) in [4.78, 5) is 25.8. The number of urea groups is 1. The topological polar surface area (TPSA) is 40.6 Å². The summed E-state index contributed by atoms with van der Waals surface area (Å²) in [5, 5.41) is 0. The maximum absolute atomic E-state index is 11.6. The fraction of sp³-hybridized carbons (Fsp3) is 0.333. The molecule has 0 aromatic heterocycles. The average Bonchev–Trinajstić information content (AvgIpc) is 2.53. The summed E-state index contributed by atoms with van der Waals surface area (Å²) in [6, 6.07) is 9.65. The second kappa shape index (κ2) is 4.35. The smallest absolute Gasteiger partial charge is 0.318 e. The molecule has 0 saturated carbocycles. The molecule has 1 fully saturated rings. The fourth-order valence-electron chi connectivity index (χ4n) is 1.77. The Bertz CT molecular complexity index is 403. The second-order valence-corrected chi connectivity index (χ2v) is 3.92. The number of hydrogen-bond donors (Lipinski definition) is 0. The predicted octanol–water partition coefficient (Wildman–Crippen LogP) is 1.12. The molecule has 1 aromatic carbocycles. The van der Waals surface area contributed by atoms with Crippen molar-refractivity contribution < 1.29 is 9.59 Å². The van der Waals surface area contributed by atoms with Gasteiger partial charge in [-0.3, -0.25) is 9.69 Å². The first-order valence-electron chi connectivity index (χ1n) is 5.28. The lowest BCUT2D eigenvalue weighted by molar-refractivity contribution is -0.125. The van der Waals surface area contributed by atoms with Gasteiger partial charge in [0.2, 0.25) is 5.91 Å². The van der Waals surface area contributed by atoms with Gasteiger partial charge in [-0.25, -0.2) is 4.79 Å². The van der Waals surface area contributed by atoms with E-state index in [1.54, 1.807) is 7.05 Å². The summed E-state index contributed by atoms with van der Waals surface area (Å²) in [6.07, 6.45) is 0.714. The number of rotatable bonds is 3. The van der Waals surface area contributed by atoms with E-state index in [2.05, 4.69) is 0 Å². The Kier molecular flexibility index (Phi) is 2.90. The van der Waals surface area contributed by atoms with Crippen LogP contribution in [-0.4, -0.2) is 41.9 Å². The minimum Gasteiger partial charge on any atom is -0.318 e. The number of imide groups is 1. The van der Waals surface area contributed by atoms with Crippen LogP contribution in [0.3, 0.4) is 0 Å². The molecule has 0 atom stereocenters. The molecule has 3 amide bonds. The SMILES string of the molecule is CN1CC(=O)N(CCc2ccccc2)C1=O. The van der Waals surface area contributed by atoms with Crippen LogP contribution in [-0.2, 0) is 11.2 Å². The summed E-state index contributed by atoms with van der Waals surface area (Å²) in [5.74, 6) is -0.108. The van der Waals surface area contributed by atoms with E-state index in [0.29, 0.717) is 13.0 Å². The van der Waals surface area contributed by atoms with Crippen LogP contribution < -0.4 is 0 Å². The summed E-state index contributed by atoms with van der Waals surface area (Å²) in [6.45, 7) is 0.666. The third-order valence-electron chi connectivity index (χ3n) is 2.70. The van der Waals surface area contributed by atoms with Gasteiger partial charge in [0.05, 0.1) is 0 Å². The zero-order valence-corrected chi connectivity index (χ0v) is 9.22. The minimum atomic E-state index is -0.194. The zero-order chi connectivity index (χ0) is 11.5. The standard InChI is InChI=1S/C12H14N2O2/c1-13-9-11(15)14(12(13)16)8-7-10-5-3-2-4-6-10/h2-6H,7-9H2,1H3. The Morgan fingerprint density at radius 3 is 2.44 bits per heavy atom. The molecule has 84 valence electrons. The molecule has 0 N–H and O–H groups in total. The number of nitrogens with zero attached hydrogens (tertiary/aromatic N) is 2. The quantitative estimate of drug-likeness (QED) is 0.713. The van der Waals surface area contributed by atoms with Crippen LogP contribution in [0.1, 0.15) is 5.56 Å². The molecule has 0 spiro atoms. The molecule has 0 unspecified atom stereocenters. The highest BCUT2D eigenvalue weighted by Gasteiger charge is 2.32. The molecule has 0 aliphatic carbocycles. The molecule has 4 nitrogen and oxygen atoms in total. The molecule has 16 heavy (non-hydrogen) atoms. The number of hydrogen-bond acceptors (Lipinski definition) is 2. The largest absolute Gasteiger partial charge is 0.326 e. The highest BCUT2D eigenvalue weighted by molar-refractivity contribution is 6.01. The predicted molar refractivity (Wildman–Crippen MR) is 59.9 cm³/mol. The van der Waals surface area contributed by atoms with Crippen molar-refractivity contribution in [3.05, 3.63) is 35.9 Å². The first kappa shape index (κ1) is 10.7. The van der Waals surface area contributed by atoms with Gasteiger partial charge in [0.1, 0.15) is 6.54 Å². The molecular formula is C12H14N2O2. The van der Waals surface area contributed by atoms with E-state index in [-0.39, 0.29) is 18.5 Å². The number of likely N-dealkylation sites (N-methyl/N-ethyl adjacent to an activating group) is 1. The lowest BCUT2D eigenvalue weighted by Crippen LogP contribution is -2.33. The lowest BCUT2D eigenvalue weighted by Gasteiger charge is -2.13. The van der Waals surface area contributed by atoms with Gasteiger partial charge in [-0.2, -0.15) is 0 Å². The first-order chi connectivity index (χ1) is 7.68. The van der Waals surface area contributed by atoms with Gasteiger partial charge in [-0.1, -0.05) is 30.3 Å². The Balaban J connectivity index is 1.96. The van der Waals surface area contributed by atoms with Crippen molar-refractivity contribution in [3.63, 3.8) is 0 Å².